The molecule has 12 heteroatoms. The normalized spacial score (nSPS) is 14.1. The van der Waals surface area contributed by atoms with Gasteiger partial charge < -0.3 is 23.9 Å². The summed E-state index contributed by atoms with van der Waals surface area (Å²) < 4.78 is 22.1. The van der Waals surface area contributed by atoms with Crippen LogP contribution in [0.2, 0.25) is 10.0 Å². The Labute approximate surface area is 236 Å². The molecule has 0 saturated carbocycles. The largest absolute Gasteiger partial charge is 0.490 e. The smallest absolute Gasteiger partial charge is 0.373 e. The molecule has 1 fully saturated rings. The third-order valence-electron chi connectivity index (χ3n) is 5.41. The first kappa shape index (κ1) is 27.6. The van der Waals surface area contributed by atoms with E-state index >= 15 is 0 Å². The van der Waals surface area contributed by atoms with E-state index in [9.17, 15) is 14.4 Å². The van der Waals surface area contributed by atoms with Crippen LogP contribution in [-0.2, 0) is 22.7 Å². The molecule has 0 bridgehead atoms. The van der Waals surface area contributed by atoms with Gasteiger partial charge in [-0.3, -0.25) is 9.69 Å². The molecule has 4 rings (SSSR count). The molecule has 3 amide bonds. The number of carbonyl (C=O) groups excluding carboxylic acids is 3. The Kier molecular flexibility index (Phi) is 8.65. The van der Waals surface area contributed by atoms with E-state index in [0.29, 0.717) is 33.2 Å². The van der Waals surface area contributed by atoms with Crippen molar-refractivity contribution < 1.29 is 33.0 Å². The van der Waals surface area contributed by atoms with Gasteiger partial charge >= 0.3 is 12.0 Å². The predicted octanol–water partition coefficient (Wildman–Crippen LogP) is 6.21. The third kappa shape index (κ3) is 5.82. The van der Waals surface area contributed by atoms with Crippen LogP contribution in [0.3, 0.4) is 0 Å². The monoisotopic (exact) mass is 622 g/mol. The zero-order valence-electron chi connectivity index (χ0n) is 20.2. The highest BCUT2D eigenvalue weighted by Gasteiger charge is 2.35. The summed E-state index contributed by atoms with van der Waals surface area (Å²) in [6, 6.07) is 11.2. The molecule has 1 aliphatic rings. The molecule has 1 aliphatic heterocycles. The summed E-state index contributed by atoms with van der Waals surface area (Å²) in [4.78, 5) is 38.1. The maximum absolute atomic E-state index is 13.0. The molecule has 0 aliphatic carbocycles. The summed E-state index contributed by atoms with van der Waals surface area (Å²) in [5.41, 5.74) is 1.25. The quantitative estimate of drug-likeness (QED) is 0.172. The first-order valence-electron chi connectivity index (χ1n) is 11.3. The van der Waals surface area contributed by atoms with Crippen molar-refractivity contribution in [3.63, 3.8) is 0 Å². The lowest BCUT2D eigenvalue weighted by molar-refractivity contribution is -0.123. The molecule has 0 spiro atoms. The highest BCUT2D eigenvalue weighted by atomic mass is 79.9. The number of methoxy groups -OCH3 is 1. The fourth-order valence-corrected chi connectivity index (χ4v) is 4.43. The van der Waals surface area contributed by atoms with Crippen molar-refractivity contribution in [2.45, 2.75) is 20.1 Å². The summed E-state index contributed by atoms with van der Waals surface area (Å²) in [6.45, 7) is 2.11. The Hall–Kier alpha value is -3.47. The van der Waals surface area contributed by atoms with Gasteiger partial charge in [0.25, 0.3) is 5.91 Å². The fourth-order valence-electron chi connectivity index (χ4n) is 3.57. The lowest BCUT2D eigenvalue weighted by Gasteiger charge is -2.17. The highest BCUT2D eigenvalue weighted by Crippen LogP contribution is 2.44. The van der Waals surface area contributed by atoms with Gasteiger partial charge in [-0.2, -0.15) is 0 Å². The van der Waals surface area contributed by atoms with Crippen LogP contribution in [0.5, 0.6) is 11.5 Å². The molecule has 3 aromatic rings. The van der Waals surface area contributed by atoms with Crippen molar-refractivity contribution in [1.29, 1.82) is 0 Å². The number of imide groups is 1. The molecule has 1 saturated heterocycles. The summed E-state index contributed by atoms with van der Waals surface area (Å²) in [5, 5.41) is 3.31. The number of hydrogen-bond donors (Lipinski definition) is 1. The van der Waals surface area contributed by atoms with Crippen LogP contribution in [0.1, 0.15) is 34.4 Å². The van der Waals surface area contributed by atoms with Crippen LogP contribution in [0, 0.1) is 0 Å². The molecule has 2 heterocycles. The maximum atomic E-state index is 13.0. The second-order valence-electron chi connectivity index (χ2n) is 7.87. The van der Waals surface area contributed by atoms with Gasteiger partial charge in [-0.15, -0.1) is 0 Å². The number of esters is 1. The van der Waals surface area contributed by atoms with Crippen molar-refractivity contribution in [3.8, 4) is 11.5 Å². The van der Waals surface area contributed by atoms with Gasteiger partial charge in [0.2, 0.25) is 5.76 Å². The van der Waals surface area contributed by atoms with Crippen molar-refractivity contribution in [1.82, 2.24) is 10.2 Å². The minimum Gasteiger partial charge on any atom is -0.490 e. The summed E-state index contributed by atoms with van der Waals surface area (Å²) in [5.74, 6) is -0.419. The number of carbonyl (C=O) groups is 3. The summed E-state index contributed by atoms with van der Waals surface area (Å²) >= 11 is 16.3. The van der Waals surface area contributed by atoms with Crippen LogP contribution >= 0.6 is 39.1 Å². The predicted molar refractivity (Wildman–Crippen MR) is 143 cm³/mol. The molecule has 38 heavy (non-hydrogen) atoms. The van der Waals surface area contributed by atoms with Crippen LogP contribution in [0.25, 0.3) is 6.08 Å². The van der Waals surface area contributed by atoms with Crippen LogP contribution in [0.15, 0.2) is 57.1 Å². The molecule has 0 atom stereocenters. The summed E-state index contributed by atoms with van der Waals surface area (Å²) in [6.07, 6.45) is 1.47. The third-order valence-corrected chi connectivity index (χ3v) is 7.22. The van der Waals surface area contributed by atoms with E-state index in [-0.39, 0.29) is 35.4 Å². The van der Waals surface area contributed by atoms with Gasteiger partial charge in [0.05, 0.1) is 20.3 Å². The van der Waals surface area contributed by atoms with E-state index < -0.39 is 17.9 Å². The first-order valence-corrected chi connectivity index (χ1v) is 12.8. The van der Waals surface area contributed by atoms with Crippen molar-refractivity contribution in [3.05, 3.63) is 85.3 Å². The molecular formula is C26H21BrCl2N2O7. The average Bonchev–Trinajstić information content (AvgIpc) is 3.48. The lowest BCUT2D eigenvalue weighted by atomic mass is 10.1. The van der Waals surface area contributed by atoms with Gasteiger partial charge in [0.15, 0.2) is 11.5 Å². The minimum atomic E-state index is -0.667. The van der Waals surface area contributed by atoms with E-state index in [4.69, 9.17) is 37.1 Å². The lowest BCUT2D eigenvalue weighted by Crippen LogP contribution is -2.30. The number of ether oxygens (including phenoxy) is 3. The molecule has 1 aromatic heterocycles. The molecule has 2 aromatic carbocycles. The minimum absolute atomic E-state index is 0.0127. The van der Waals surface area contributed by atoms with Crippen LogP contribution in [-0.4, -0.2) is 36.5 Å². The molecule has 198 valence electrons. The van der Waals surface area contributed by atoms with Crippen molar-refractivity contribution >= 4 is 63.1 Å². The number of amides is 3. The van der Waals surface area contributed by atoms with Gasteiger partial charge in [-0.05, 0) is 58.8 Å². The number of urea groups is 1. The van der Waals surface area contributed by atoms with Crippen molar-refractivity contribution in [2.75, 3.05) is 13.7 Å². The number of halogens is 3. The van der Waals surface area contributed by atoms with Gasteiger partial charge in [-0.25, -0.2) is 9.59 Å². The standard InChI is InChI=1S/C26H21BrCl2N2O7/c1-3-36-20-11-15(21(27)22(29)23(20)37-13-14-6-4-5-7-17(14)28)10-18-24(32)31(26(34)30-18)12-16-8-9-19(38-16)25(33)35-2/h4-11H,3,12-13H2,1-2H3,(H,30,34)/b18-10-. The van der Waals surface area contributed by atoms with Crippen LogP contribution in [0.4, 0.5) is 4.79 Å². The molecule has 0 unspecified atom stereocenters. The number of nitrogens with one attached hydrogen (secondary N) is 1. The van der Waals surface area contributed by atoms with E-state index in [1.807, 2.05) is 25.1 Å². The fraction of sp³-hybridized carbons (Fsp3) is 0.192. The van der Waals surface area contributed by atoms with E-state index in [2.05, 4.69) is 26.0 Å². The molecule has 0 radical (unpaired) electrons. The van der Waals surface area contributed by atoms with Crippen LogP contribution < -0.4 is 14.8 Å². The number of benzene rings is 2. The van der Waals surface area contributed by atoms with E-state index in [0.717, 1.165) is 10.5 Å². The Morgan fingerprint density at radius 3 is 2.63 bits per heavy atom. The van der Waals surface area contributed by atoms with Gasteiger partial charge in [-0.1, -0.05) is 41.4 Å². The topological polar surface area (TPSA) is 107 Å². The zero-order chi connectivity index (χ0) is 27.4. The Morgan fingerprint density at radius 2 is 1.92 bits per heavy atom. The highest BCUT2D eigenvalue weighted by molar-refractivity contribution is 9.10. The number of hydrogen-bond acceptors (Lipinski definition) is 7. The second-order valence-corrected chi connectivity index (χ2v) is 9.45. The molecular weight excluding hydrogens is 603 g/mol. The summed E-state index contributed by atoms with van der Waals surface area (Å²) in [7, 11) is 1.22. The molecule has 9 nitrogen and oxygen atoms in total. The Balaban J connectivity index is 1.58. The number of nitrogens with zero attached hydrogens (tertiary/aromatic N) is 1. The Bertz CT molecular complexity index is 1440. The average molecular weight is 624 g/mol. The SMILES string of the molecule is CCOc1cc(/C=C2\NC(=O)N(Cc3ccc(C(=O)OC)o3)C2=O)c(Br)c(Cl)c1OCc1ccccc1Cl. The Morgan fingerprint density at radius 1 is 1.16 bits per heavy atom. The van der Waals surface area contributed by atoms with Gasteiger partial charge in [0, 0.05) is 15.1 Å². The van der Waals surface area contributed by atoms with Gasteiger partial charge in [0.1, 0.15) is 23.1 Å². The second kappa shape index (κ2) is 11.9. The zero-order valence-corrected chi connectivity index (χ0v) is 23.3. The first-order chi connectivity index (χ1) is 18.2. The number of furan rings is 1. The molecule has 1 N–H and O–H groups in total. The van der Waals surface area contributed by atoms with E-state index in [1.54, 1.807) is 12.1 Å². The van der Waals surface area contributed by atoms with Crippen molar-refractivity contribution in [2.24, 2.45) is 0 Å². The number of rotatable bonds is 9. The maximum Gasteiger partial charge on any atom is 0.373 e. The van der Waals surface area contributed by atoms with E-state index in [1.165, 1.54) is 25.3 Å².